The molecule has 0 atom stereocenters. The van der Waals surface area contributed by atoms with Crippen LogP contribution in [-0.2, 0) is 9.47 Å². The van der Waals surface area contributed by atoms with Crippen molar-refractivity contribution in [3.05, 3.63) is 0 Å². The van der Waals surface area contributed by atoms with Gasteiger partial charge < -0.3 is 9.47 Å². The molecule has 0 unspecified atom stereocenters. The van der Waals surface area contributed by atoms with Gasteiger partial charge in [-0.3, -0.25) is 0 Å². The van der Waals surface area contributed by atoms with Gasteiger partial charge in [0.1, 0.15) is 13.2 Å². The van der Waals surface area contributed by atoms with E-state index in [1.165, 1.54) is 64.2 Å². The average molecular weight is 278 g/mol. The fourth-order valence-corrected chi connectivity index (χ4v) is 5.49. The molecular weight excluding hydrogens is 252 g/mol. The van der Waals surface area contributed by atoms with E-state index in [0.29, 0.717) is 24.0 Å². The summed E-state index contributed by atoms with van der Waals surface area (Å²) in [7, 11) is 0. The maximum atomic E-state index is 11.9. The van der Waals surface area contributed by atoms with Crippen LogP contribution in [0.1, 0.15) is 64.2 Å². The summed E-state index contributed by atoms with van der Waals surface area (Å²) in [6.45, 7) is 1.19. The van der Waals surface area contributed by atoms with Crippen molar-refractivity contribution in [2.45, 2.75) is 64.2 Å². The Morgan fingerprint density at radius 3 is 1.50 bits per heavy atom. The van der Waals surface area contributed by atoms with Crippen molar-refractivity contribution in [1.29, 1.82) is 0 Å². The molecule has 3 heteroatoms. The Hall–Kier alpha value is -0.730. The highest BCUT2D eigenvalue weighted by Crippen LogP contribution is 2.55. The highest BCUT2D eigenvalue weighted by molar-refractivity contribution is 5.60. The third-order valence-corrected chi connectivity index (χ3v) is 6.77. The van der Waals surface area contributed by atoms with Gasteiger partial charge in [0, 0.05) is 10.8 Å². The van der Waals surface area contributed by atoms with Crippen LogP contribution in [0, 0.1) is 22.7 Å². The first-order chi connectivity index (χ1) is 9.67. The number of fused-ring (bicyclic) bond motifs is 4. The molecule has 0 aliphatic heterocycles. The molecule has 0 saturated heterocycles. The topological polar surface area (TPSA) is 35.5 Å². The van der Waals surface area contributed by atoms with Crippen LogP contribution in [0.25, 0.3) is 0 Å². The molecule has 4 fully saturated rings. The molecule has 112 valence electrons. The Kier molecular flexibility index (Phi) is 3.01. The Morgan fingerprint density at radius 1 is 0.800 bits per heavy atom. The minimum absolute atomic E-state index is 0.313. The SMILES string of the molecule is O=C(OCC12CCC(CC1)C2)OCC12CCC(CC1)C2. The molecule has 4 bridgehead atoms. The molecule has 20 heavy (non-hydrogen) atoms. The molecule has 0 amide bonds. The van der Waals surface area contributed by atoms with E-state index < -0.39 is 6.16 Å². The summed E-state index contributed by atoms with van der Waals surface area (Å²) in [6.07, 6.45) is 12.5. The Morgan fingerprint density at radius 2 is 1.20 bits per heavy atom. The van der Waals surface area contributed by atoms with E-state index in [9.17, 15) is 4.79 Å². The molecule has 0 aromatic carbocycles. The molecule has 0 aromatic heterocycles. The summed E-state index contributed by atoms with van der Waals surface area (Å²) in [4.78, 5) is 11.9. The third kappa shape index (κ3) is 2.23. The summed E-state index contributed by atoms with van der Waals surface area (Å²) < 4.78 is 10.9. The number of ether oxygens (including phenoxy) is 2. The number of carbonyl (C=O) groups is 1. The first-order valence-corrected chi connectivity index (χ1v) is 8.47. The van der Waals surface area contributed by atoms with E-state index in [1.54, 1.807) is 0 Å². The lowest BCUT2D eigenvalue weighted by Crippen LogP contribution is -2.27. The van der Waals surface area contributed by atoms with Gasteiger partial charge >= 0.3 is 6.16 Å². The Bertz CT molecular complexity index is 351. The van der Waals surface area contributed by atoms with E-state index in [-0.39, 0.29) is 0 Å². The number of hydrogen-bond donors (Lipinski definition) is 0. The van der Waals surface area contributed by atoms with E-state index in [1.807, 2.05) is 0 Å². The van der Waals surface area contributed by atoms with Crippen molar-refractivity contribution in [3.63, 3.8) is 0 Å². The zero-order chi connectivity index (χ0) is 13.6. The van der Waals surface area contributed by atoms with Gasteiger partial charge in [-0.05, 0) is 76.0 Å². The summed E-state index contributed by atoms with van der Waals surface area (Å²) in [5.41, 5.74) is 0.627. The first kappa shape index (κ1) is 13.0. The Labute approximate surface area is 121 Å². The molecule has 4 aliphatic rings. The fourth-order valence-electron chi connectivity index (χ4n) is 5.49. The molecule has 3 nitrogen and oxygen atoms in total. The van der Waals surface area contributed by atoms with Gasteiger partial charge in [0.2, 0.25) is 0 Å². The number of rotatable bonds is 4. The standard InChI is InChI=1S/C17H26O3/c18-15(19-11-16-5-1-13(9-16)2-6-16)20-12-17-7-3-14(10-17)4-8-17/h13-14H,1-12H2. The van der Waals surface area contributed by atoms with Crippen LogP contribution in [0.4, 0.5) is 4.79 Å². The first-order valence-electron chi connectivity index (χ1n) is 8.47. The van der Waals surface area contributed by atoms with Gasteiger partial charge in [0.25, 0.3) is 0 Å². The van der Waals surface area contributed by atoms with Crippen LogP contribution in [0.15, 0.2) is 0 Å². The Balaban J connectivity index is 1.23. The predicted molar refractivity (Wildman–Crippen MR) is 75.3 cm³/mol. The molecule has 4 saturated carbocycles. The summed E-state index contributed by atoms with van der Waals surface area (Å²) in [6, 6.07) is 0. The van der Waals surface area contributed by atoms with Crippen LogP contribution in [-0.4, -0.2) is 19.4 Å². The van der Waals surface area contributed by atoms with Gasteiger partial charge in [-0.25, -0.2) is 4.79 Å². The molecule has 4 rings (SSSR count). The van der Waals surface area contributed by atoms with E-state index >= 15 is 0 Å². The van der Waals surface area contributed by atoms with Gasteiger partial charge in [-0.1, -0.05) is 0 Å². The van der Waals surface area contributed by atoms with Crippen molar-refractivity contribution in [1.82, 2.24) is 0 Å². The fraction of sp³-hybridized carbons (Fsp3) is 0.941. The maximum Gasteiger partial charge on any atom is 0.508 e. The predicted octanol–water partition coefficient (Wildman–Crippen LogP) is 4.30. The monoisotopic (exact) mass is 278 g/mol. The van der Waals surface area contributed by atoms with Gasteiger partial charge in [0.15, 0.2) is 0 Å². The van der Waals surface area contributed by atoms with Crippen LogP contribution in [0.2, 0.25) is 0 Å². The second-order valence-electron chi connectivity index (χ2n) is 8.12. The van der Waals surface area contributed by atoms with Crippen LogP contribution >= 0.6 is 0 Å². The van der Waals surface area contributed by atoms with Gasteiger partial charge in [-0.15, -0.1) is 0 Å². The normalized spacial score (nSPS) is 45.0. The smallest absolute Gasteiger partial charge is 0.434 e. The minimum Gasteiger partial charge on any atom is -0.434 e. The highest BCUT2D eigenvalue weighted by Gasteiger charge is 2.47. The highest BCUT2D eigenvalue weighted by atomic mass is 16.7. The summed E-state index contributed by atoms with van der Waals surface area (Å²) in [5.74, 6) is 1.81. The zero-order valence-corrected chi connectivity index (χ0v) is 12.4. The molecule has 0 spiro atoms. The molecule has 0 radical (unpaired) electrons. The molecule has 0 N–H and O–H groups in total. The van der Waals surface area contributed by atoms with Crippen LogP contribution in [0.5, 0.6) is 0 Å². The quantitative estimate of drug-likeness (QED) is 0.719. The van der Waals surface area contributed by atoms with Gasteiger partial charge in [0.05, 0.1) is 0 Å². The lowest BCUT2D eigenvalue weighted by molar-refractivity contribution is 0.00149. The van der Waals surface area contributed by atoms with Crippen molar-refractivity contribution in [3.8, 4) is 0 Å². The lowest BCUT2D eigenvalue weighted by Gasteiger charge is -2.27. The molecule has 0 heterocycles. The summed E-state index contributed by atoms with van der Waals surface area (Å²) in [5, 5.41) is 0. The number of hydrogen-bond acceptors (Lipinski definition) is 3. The molecule has 0 aromatic rings. The summed E-state index contributed by atoms with van der Waals surface area (Å²) >= 11 is 0. The largest absolute Gasteiger partial charge is 0.508 e. The maximum absolute atomic E-state index is 11.9. The van der Waals surface area contributed by atoms with E-state index in [2.05, 4.69) is 0 Å². The van der Waals surface area contributed by atoms with Gasteiger partial charge in [-0.2, -0.15) is 0 Å². The van der Waals surface area contributed by atoms with E-state index in [0.717, 1.165) is 11.8 Å². The minimum atomic E-state index is -0.417. The van der Waals surface area contributed by atoms with Crippen molar-refractivity contribution in [2.24, 2.45) is 22.7 Å². The second-order valence-corrected chi connectivity index (χ2v) is 8.12. The molecule has 4 aliphatic carbocycles. The molecular formula is C17H26O3. The van der Waals surface area contributed by atoms with Crippen molar-refractivity contribution < 1.29 is 14.3 Å². The van der Waals surface area contributed by atoms with Crippen LogP contribution in [0.3, 0.4) is 0 Å². The number of carbonyl (C=O) groups excluding carboxylic acids is 1. The van der Waals surface area contributed by atoms with Crippen molar-refractivity contribution in [2.75, 3.05) is 13.2 Å². The van der Waals surface area contributed by atoms with E-state index in [4.69, 9.17) is 9.47 Å². The third-order valence-electron chi connectivity index (χ3n) is 6.77. The zero-order valence-electron chi connectivity index (χ0n) is 12.4. The lowest BCUT2D eigenvalue weighted by atomic mass is 9.85. The second kappa shape index (κ2) is 4.64. The van der Waals surface area contributed by atoms with Crippen molar-refractivity contribution >= 4 is 6.16 Å². The average Bonchev–Trinajstić information content (AvgIpc) is 3.22. The van der Waals surface area contributed by atoms with Crippen LogP contribution < -0.4 is 0 Å².